The number of aliphatic carboxylic acids is 1. The van der Waals surface area contributed by atoms with Crippen LogP contribution in [0.5, 0.6) is 17.2 Å². The number of rotatable bonds is 10. The quantitative estimate of drug-likeness (QED) is 0.291. The maximum atomic E-state index is 15.7. The van der Waals surface area contributed by atoms with Crippen LogP contribution in [0.25, 0.3) is 0 Å². The Kier molecular flexibility index (Phi) is 8.92. The van der Waals surface area contributed by atoms with Crippen LogP contribution in [0.3, 0.4) is 0 Å². The smallest absolute Gasteiger partial charge is 0.309 e. The fourth-order valence-corrected chi connectivity index (χ4v) is 6.57. The van der Waals surface area contributed by atoms with Gasteiger partial charge in [0, 0.05) is 29.8 Å². The Morgan fingerprint density at radius 2 is 1.67 bits per heavy atom. The second-order valence-corrected chi connectivity index (χ2v) is 11.2. The van der Waals surface area contributed by atoms with Crippen molar-refractivity contribution in [1.82, 2.24) is 4.90 Å². The molecule has 0 spiro atoms. The van der Waals surface area contributed by atoms with E-state index in [1.54, 1.807) is 17.0 Å². The highest BCUT2D eigenvalue weighted by molar-refractivity contribution is 5.94. The van der Waals surface area contributed by atoms with Crippen molar-refractivity contribution in [1.29, 1.82) is 0 Å². The summed E-state index contributed by atoms with van der Waals surface area (Å²) in [7, 11) is 0. The Hall–Kier alpha value is -4.11. The molecule has 5 rings (SSSR count). The summed E-state index contributed by atoms with van der Waals surface area (Å²) in [4.78, 5) is 28.5. The van der Waals surface area contributed by atoms with Gasteiger partial charge in [-0.05, 0) is 74.1 Å². The zero-order valence-corrected chi connectivity index (χ0v) is 25.3. The van der Waals surface area contributed by atoms with Crippen LogP contribution in [-0.4, -0.2) is 48.4 Å². The van der Waals surface area contributed by atoms with Crippen LogP contribution in [0.2, 0.25) is 0 Å². The average molecular weight is 591 g/mol. The number of benzene rings is 3. The largest absolute Gasteiger partial charge is 0.494 e. The topological polar surface area (TPSA) is 97.3 Å². The van der Waals surface area contributed by atoms with Gasteiger partial charge in [-0.1, -0.05) is 37.6 Å². The molecule has 8 nitrogen and oxygen atoms in total. The number of amides is 1. The molecule has 9 heteroatoms. The lowest BCUT2D eigenvalue weighted by Gasteiger charge is -2.28. The number of nitrogens with zero attached hydrogens (tertiary/aromatic N) is 1. The third-order valence-corrected chi connectivity index (χ3v) is 8.46. The lowest BCUT2D eigenvalue weighted by atomic mass is 9.81. The normalized spacial score (nSPS) is 19.4. The standard InChI is InChI=1S/C34H39FN2O6/c1-6-21-11-19(4)12-22(7-2)32(21)36-30(38)17-37-16-26(25-15-29-28(13-20(25)5)42-18-43-29)31(34(39)40)33(37)24-10-9-23(41-8-3)14-27(24)35/h9-15,26,31,33H,6-8,16-18H2,1-5H3,(H,36,38)(H,39,40)/t26-,31?,33+/m1/s1. The van der Waals surface area contributed by atoms with Crippen LogP contribution in [0.1, 0.15) is 66.1 Å². The van der Waals surface area contributed by atoms with Crippen LogP contribution in [0.15, 0.2) is 42.5 Å². The van der Waals surface area contributed by atoms with E-state index in [1.807, 2.05) is 46.8 Å². The van der Waals surface area contributed by atoms with Crippen molar-refractivity contribution in [2.45, 2.75) is 59.4 Å². The number of carboxylic acid groups (broad SMARTS) is 1. The Balaban J connectivity index is 1.54. The molecule has 3 aromatic carbocycles. The highest BCUT2D eigenvalue weighted by atomic mass is 19.1. The van der Waals surface area contributed by atoms with E-state index in [-0.39, 0.29) is 31.4 Å². The molecule has 1 unspecified atom stereocenters. The van der Waals surface area contributed by atoms with E-state index < -0.39 is 29.7 Å². The van der Waals surface area contributed by atoms with Crippen LogP contribution in [0.4, 0.5) is 10.1 Å². The molecular weight excluding hydrogens is 551 g/mol. The number of nitrogens with one attached hydrogen (secondary N) is 1. The number of ether oxygens (including phenoxy) is 3. The number of aryl methyl sites for hydroxylation is 4. The molecule has 2 aliphatic rings. The molecule has 0 bridgehead atoms. The van der Waals surface area contributed by atoms with Gasteiger partial charge in [0.1, 0.15) is 11.6 Å². The molecule has 0 aromatic heterocycles. The van der Waals surface area contributed by atoms with Crippen molar-refractivity contribution in [2.75, 3.05) is 31.8 Å². The van der Waals surface area contributed by atoms with E-state index in [0.717, 1.165) is 46.3 Å². The predicted molar refractivity (Wildman–Crippen MR) is 162 cm³/mol. The number of carbonyl (C=O) groups is 2. The first-order valence-electron chi connectivity index (χ1n) is 14.9. The van der Waals surface area contributed by atoms with Crippen LogP contribution in [-0.2, 0) is 22.4 Å². The highest BCUT2D eigenvalue weighted by Gasteiger charge is 2.49. The van der Waals surface area contributed by atoms with Crippen molar-refractivity contribution in [2.24, 2.45) is 5.92 Å². The summed E-state index contributed by atoms with van der Waals surface area (Å²) in [6, 6.07) is 11.4. The number of anilines is 1. The van der Waals surface area contributed by atoms with Crippen LogP contribution < -0.4 is 19.5 Å². The summed E-state index contributed by atoms with van der Waals surface area (Å²) in [5.41, 5.74) is 5.83. The summed E-state index contributed by atoms with van der Waals surface area (Å²) in [6.45, 7) is 10.4. The van der Waals surface area contributed by atoms with Gasteiger partial charge < -0.3 is 24.6 Å². The summed E-state index contributed by atoms with van der Waals surface area (Å²) in [5, 5.41) is 13.7. The third-order valence-electron chi connectivity index (χ3n) is 8.46. The van der Waals surface area contributed by atoms with E-state index in [2.05, 4.69) is 17.4 Å². The Morgan fingerprint density at radius 3 is 2.28 bits per heavy atom. The minimum Gasteiger partial charge on any atom is -0.494 e. The fraction of sp³-hybridized carbons (Fsp3) is 0.412. The molecule has 1 saturated heterocycles. The maximum absolute atomic E-state index is 15.7. The van der Waals surface area contributed by atoms with Crippen LogP contribution in [0, 0.1) is 25.6 Å². The number of halogens is 1. The third kappa shape index (κ3) is 6.04. The van der Waals surface area contributed by atoms with Crippen molar-refractivity contribution >= 4 is 17.6 Å². The number of carboxylic acids is 1. The summed E-state index contributed by atoms with van der Waals surface area (Å²) >= 11 is 0. The number of hydrogen-bond donors (Lipinski definition) is 2. The lowest BCUT2D eigenvalue weighted by Crippen LogP contribution is -2.36. The molecule has 3 aromatic rings. The second kappa shape index (κ2) is 12.6. The Morgan fingerprint density at radius 1 is 1.00 bits per heavy atom. The SMILES string of the molecule is CCOc1ccc([C@H]2C(C(=O)O)[C@@H](c3cc4c(cc3C)OCO4)CN2CC(=O)Nc2c(CC)cc(C)cc2CC)c(F)c1. The number of hydrogen-bond acceptors (Lipinski definition) is 6. The highest BCUT2D eigenvalue weighted by Crippen LogP contribution is 2.49. The van der Waals surface area contributed by atoms with Gasteiger partial charge in [0.25, 0.3) is 0 Å². The van der Waals surface area contributed by atoms with Crippen molar-refractivity contribution < 1.29 is 33.3 Å². The van der Waals surface area contributed by atoms with E-state index in [0.29, 0.717) is 23.9 Å². The Labute approximate surface area is 251 Å². The van der Waals surface area contributed by atoms with Crippen LogP contribution >= 0.6 is 0 Å². The molecular formula is C34H39FN2O6. The first kappa shape index (κ1) is 30.4. The van der Waals surface area contributed by atoms with Gasteiger partial charge in [-0.2, -0.15) is 0 Å². The fourth-order valence-electron chi connectivity index (χ4n) is 6.57. The van der Waals surface area contributed by atoms with E-state index in [9.17, 15) is 14.7 Å². The van der Waals surface area contributed by atoms with Crippen molar-refractivity contribution in [3.05, 3.63) is 81.7 Å². The summed E-state index contributed by atoms with van der Waals surface area (Å²) in [5.74, 6) is -1.98. The van der Waals surface area contributed by atoms with Gasteiger partial charge in [-0.3, -0.25) is 14.5 Å². The first-order chi connectivity index (χ1) is 20.6. The minimum absolute atomic E-state index is 0.0933. The monoisotopic (exact) mass is 590 g/mol. The van der Waals surface area contributed by atoms with Gasteiger partial charge in [-0.25, -0.2) is 4.39 Å². The van der Waals surface area contributed by atoms with Gasteiger partial charge in [0.2, 0.25) is 12.7 Å². The molecule has 3 atom stereocenters. The molecule has 0 aliphatic carbocycles. The molecule has 2 N–H and O–H groups in total. The molecule has 1 fully saturated rings. The Bertz CT molecular complexity index is 1510. The lowest BCUT2D eigenvalue weighted by molar-refractivity contribution is -0.143. The number of fused-ring (bicyclic) bond motifs is 1. The maximum Gasteiger partial charge on any atom is 0.309 e. The molecule has 43 heavy (non-hydrogen) atoms. The van der Waals surface area contributed by atoms with Gasteiger partial charge in [-0.15, -0.1) is 0 Å². The van der Waals surface area contributed by atoms with E-state index >= 15 is 4.39 Å². The van der Waals surface area contributed by atoms with Crippen molar-refractivity contribution in [3.8, 4) is 17.2 Å². The van der Waals surface area contributed by atoms with Gasteiger partial charge in [0.05, 0.1) is 25.1 Å². The molecule has 228 valence electrons. The summed E-state index contributed by atoms with van der Waals surface area (Å²) < 4.78 is 32.3. The zero-order valence-electron chi connectivity index (χ0n) is 25.3. The molecule has 1 amide bonds. The summed E-state index contributed by atoms with van der Waals surface area (Å²) in [6.07, 6.45) is 1.50. The van der Waals surface area contributed by atoms with Gasteiger partial charge >= 0.3 is 5.97 Å². The predicted octanol–water partition coefficient (Wildman–Crippen LogP) is 6.17. The van der Waals surface area contributed by atoms with E-state index in [4.69, 9.17) is 14.2 Å². The minimum atomic E-state index is -1.07. The molecule has 0 saturated carbocycles. The van der Waals surface area contributed by atoms with Gasteiger partial charge in [0.15, 0.2) is 11.5 Å². The first-order valence-corrected chi connectivity index (χ1v) is 14.9. The molecule has 2 aliphatic heterocycles. The number of likely N-dealkylation sites (tertiary alicyclic amines) is 1. The van der Waals surface area contributed by atoms with E-state index in [1.165, 1.54) is 6.07 Å². The molecule has 0 radical (unpaired) electrons. The molecule has 2 heterocycles. The average Bonchev–Trinajstić information content (AvgIpc) is 3.57. The second-order valence-electron chi connectivity index (χ2n) is 11.2. The number of carbonyl (C=O) groups excluding carboxylic acids is 1. The zero-order chi connectivity index (χ0) is 30.8. The van der Waals surface area contributed by atoms with Crippen molar-refractivity contribution in [3.63, 3.8) is 0 Å².